The van der Waals surface area contributed by atoms with Gasteiger partial charge in [-0.1, -0.05) is 12.2 Å². The third-order valence-electron chi connectivity index (χ3n) is 11.0. The van der Waals surface area contributed by atoms with Crippen molar-refractivity contribution < 1.29 is 23.7 Å². The van der Waals surface area contributed by atoms with E-state index >= 15 is 4.39 Å². The van der Waals surface area contributed by atoms with Gasteiger partial charge in [-0.25, -0.2) is 9.37 Å². The molecule has 2 atom stereocenters. The summed E-state index contributed by atoms with van der Waals surface area (Å²) >= 11 is 0. The van der Waals surface area contributed by atoms with Crippen molar-refractivity contribution in [1.29, 1.82) is 0 Å². The average Bonchev–Trinajstić information content (AvgIpc) is 3.66. The van der Waals surface area contributed by atoms with E-state index in [0.717, 1.165) is 82.0 Å². The van der Waals surface area contributed by atoms with Gasteiger partial charge in [0.25, 0.3) is 0 Å². The number of ether oxygens (including phenoxy) is 3. The molecule has 0 bridgehead atoms. The summed E-state index contributed by atoms with van der Waals surface area (Å²) in [6.07, 6.45) is 9.01. The van der Waals surface area contributed by atoms with Gasteiger partial charge in [-0.05, 0) is 93.0 Å². The molecule has 10 heteroatoms. The second-order valence-electron chi connectivity index (χ2n) is 13.8. The summed E-state index contributed by atoms with van der Waals surface area (Å²) in [6.45, 7) is 8.76. The Morgan fingerprint density at radius 1 is 1.07 bits per heavy atom. The summed E-state index contributed by atoms with van der Waals surface area (Å²) < 4.78 is 35.8. The molecule has 230 valence electrons. The number of anilines is 1. The van der Waals surface area contributed by atoms with Gasteiger partial charge in [-0.15, -0.1) is 0 Å². The Labute approximate surface area is 256 Å². The van der Waals surface area contributed by atoms with Crippen molar-refractivity contribution in [3.05, 3.63) is 41.2 Å². The van der Waals surface area contributed by atoms with Crippen LogP contribution in [0.5, 0.6) is 17.6 Å². The maximum absolute atomic E-state index is 17.1. The molecule has 4 fully saturated rings. The standard InChI is InChI=1S/C34H38FN5O4/c1-20-15-34(7-3-10-39(34)16-20)19-44-32-37-29-25-30(38-32)40-11-4-12-42-17-22(40)18-43-31(25)36-28(27(29)35)24-14-23(41)13-21-5-2-6-33(8-9-33)26(21)24/h13-14,22,41H,1-12,15-19H2/t22-,34?/m0/s1. The molecule has 1 N–H and O–H groups in total. The summed E-state index contributed by atoms with van der Waals surface area (Å²) in [7, 11) is 0. The van der Waals surface area contributed by atoms with Crippen LogP contribution in [0.25, 0.3) is 22.2 Å². The van der Waals surface area contributed by atoms with Crippen LogP contribution in [0.4, 0.5) is 10.2 Å². The fraction of sp³-hybridized carbons (Fsp3) is 0.559. The molecule has 4 aliphatic heterocycles. The van der Waals surface area contributed by atoms with Gasteiger partial charge in [0, 0.05) is 25.3 Å². The highest BCUT2D eigenvalue weighted by Crippen LogP contribution is 2.59. The third kappa shape index (κ3) is 4.06. The van der Waals surface area contributed by atoms with E-state index in [1.54, 1.807) is 6.07 Å². The van der Waals surface area contributed by atoms with Gasteiger partial charge in [0.1, 0.15) is 41.4 Å². The zero-order chi connectivity index (χ0) is 29.6. The molecular weight excluding hydrogens is 561 g/mol. The van der Waals surface area contributed by atoms with Gasteiger partial charge in [0.05, 0.1) is 18.2 Å². The second kappa shape index (κ2) is 9.75. The van der Waals surface area contributed by atoms with Crippen molar-refractivity contribution >= 4 is 16.7 Å². The van der Waals surface area contributed by atoms with E-state index in [-0.39, 0.29) is 40.0 Å². The molecule has 0 radical (unpaired) electrons. The Kier molecular flexibility index (Phi) is 5.95. The van der Waals surface area contributed by atoms with E-state index in [9.17, 15) is 5.11 Å². The van der Waals surface area contributed by atoms with Crippen LogP contribution in [-0.4, -0.2) is 82.6 Å². The van der Waals surface area contributed by atoms with Gasteiger partial charge in [0.15, 0.2) is 5.82 Å². The topological polar surface area (TPSA) is 93.1 Å². The van der Waals surface area contributed by atoms with Gasteiger partial charge in [-0.3, -0.25) is 4.90 Å². The first-order chi connectivity index (χ1) is 21.4. The van der Waals surface area contributed by atoms with E-state index in [1.165, 1.54) is 5.57 Å². The lowest BCUT2D eigenvalue weighted by Crippen LogP contribution is -2.43. The molecule has 1 saturated carbocycles. The van der Waals surface area contributed by atoms with Crippen LogP contribution >= 0.6 is 0 Å². The fourth-order valence-corrected chi connectivity index (χ4v) is 8.81. The number of phenolic OH excluding ortho intramolecular Hbond substituents is 1. The molecule has 1 unspecified atom stereocenters. The Balaban J connectivity index is 1.22. The van der Waals surface area contributed by atoms with Crippen LogP contribution in [0.15, 0.2) is 24.3 Å². The van der Waals surface area contributed by atoms with Gasteiger partial charge >= 0.3 is 6.01 Å². The first-order valence-corrected chi connectivity index (χ1v) is 16.2. The minimum atomic E-state index is -0.533. The van der Waals surface area contributed by atoms with Crippen LogP contribution in [0, 0.1) is 5.82 Å². The van der Waals surface area contributed by atoms with Crippen LogP contribution in [0.2, 0.25) is 0 Å². The van der Waals surface area contributed by atoms with Crippen molar-refractivity contribution in [3.8, 4) is 28.9 Å². The van der Waals surface area contributed by atoms with Crippen molar-refractivity contribution in [1.82, 2.24) is 19.9 Å². The zero-order valence-corrected chi connectivity index (χ0v) is 25.0. The van der Waals surface area contributed by atoms with E-state index < -0.39 is 5.82 Å². The molecule has 2 aromatic heterocycles. The van der Waals surface area contributed by atoms with Gasteiger partial charge in [-0.2, -0.15) is 9.97 Å². The number of hydrogen-bond acceptors (Lipinski definition) is 9. The highest BCUT2D eigenvalue weighted by atomic mass is 19.1. The van der Waals surface area contributed by atoms with E-state index in [2.05, 4.69) is 16.4 Å². The van der Waals surface area contributed by atoms with Crippen LogP contribution < -0.4 is 14.4 Å². The fourth-order valence-electron chi connectivity index (χ4n) is 8.81. The minimum absolute atomic E-state index is 0.0355. The highest BCUT2D eigenvalue weighted by Gasteiger charge is 2.49. The Bertz CT molecular complexity index is 1710. The predicted molar refractivity (Wildman–Crippen MR) is 163 cm³/mol. The Hall–Kier alpha value is -3.50. The number of rotatable bonds is 4. The summed E-state index contributed by atoms with van der Waals surface area (Å²) in [6, 6.07) is 3.58. The maximum atomic E-state index is 17.1. The number of fused-ring (bicyclic) bond motifs is 5. The molecule has 6 aliphatic rings. The van der Waals surface area contributed by atoms with E-state index in [4.69, 9.17) is 29.2 Å². The number of aryl methyl sites for hydroxylation is 1. The van der Waals surface area contributed by atoms with E-state index in [1.807, 2.05) is 6.07 Å². The van der Waals surface area contributed by atoms with Crippen molar-refractivity contribution in [2.45, 2.75) is 74.8 Å². The molecule has 9 rings (SSSR count). The van der Waals surface area contributed by atoms with Crippen molar-refractivity contribution in [2.24, 2.45) is 0 Å². The Morgan fingerprint density at radius 3 is 2.86 bits per heavy atom. The number of phenols is 1. The first-order valence-electron chi connectivity index (χ1n) is 16.2. The maximum Gasteiger partial charge on any atom is 0.319 e. The molecule has 9 nitrogen and oxygen atoms in total. The first kappa shape index (κ1) is 26.9. The molecule has 2 aliphatic carbocycles. The second-order valence-corrected chi connectivity index (χ2v) is 13.8. The number of benzene rings is 1. The number of nitrogens with zero attached hydrogens (tertiary/aromatic N) is 5. The molecule has 3 saturated heterocycles. The number of hydrogen-bond donors (Lipinski definition) is 1. The predicted octanol–water partition coefficient (Wildman–Crippen LogP) is 5.07. The quantitative estimate of drug-likeness (QED) is 0.413. The molecule has 0 amide bonds. The molecule has 1 aromatic carbocycles. The average molecular weight is 600 g/mol. The summed E-state index contributed by atoms with van der Waals surface area (Å²) in [5.74, 6) is 0.492. The molecular formula is C34H38FN5O4. The number of aromatic nitrogens is 3. The molecule has 6 heterocycles. The van der Waals surface area contributed by atoms with Crippen LogP contribution in [-0.2, 0) is 16.6 Å². The monoisotopic (exact) mass is 599 g/mol. The molecule has 3 aromatic rings. The van der Waals surface area contributed by atoms with Crippen molar-refractivity contribution in [2.75, 3.05) is 51.0 Å². The number of halogens is 1. The lowest BCUT2D eigenvalue weighted by atomic mass is 9.76. The zero-order valence-electron chi connectivity index (χ0n) is 25.0. The van der Waals surface area contributed by atoms with Gasteiger partial charge in [0.2, 0.25) is 5.88 Å². The lowest BCUT2D eigenvalue weighted by molar-refractivity contribution is 0.108. The normalized spacial score (nSPS) is 27.0. The summed E-state index contributed by atoms with van der Waals surface area (Å²) in [5, 5.41) is 11.2. The molecule has 44 heavy (non-hydrogen) atoms. The largest absolute Gasteiger partial charge is 0.508 e. The summed E-state index contributed by atoms with van der Waals surface area (Å²) in [5.41, 5.74) is 4.32. The van der Waals surface area contributed by atoms with Crippen LogP contribution in [0.1, 0.15) is 62.5 Å². The smallest absolute Gasteiger partial charge is 0.319 e. The van der Waals surface area contributed by atoms with E-state index in [0.29, 0.717) is 55.6 Å². The number of aromatic hydroxyl groups is 1. The lowest BCUT2D eigenvalue weighted by Gasteiger charge is -2.31. The van der Waals surface area contributed by atoms with Crippen molar-refractivity contribution in [3.63, 3.8) is 0 Å². The number of pyridine rings is 1. The third-order valence-corrected chi connectivity index (χ3v) is 11.0. The SMILES string of the molecule is C=C1CN2CCCC2(COc2nc3c4c(nc(-c5cc(O)cc6c5C5(CCC6)CC5)c(F)c4n2)OC[C@@H]2COCCCN32)C1. The minimum Gasteiger partial charge on any atom is -0.508 e. The summed E-state index contributed by atoms with van der Waals surface area (Å²) in [4.78, 5) is 19.2. The highest BCUT2D eigenvalue weighted by molar-refractivity contribution is 5.97. The van der Waals surface area contributed by atoms with Gasteiger partial charge < -0.3 is 24.2 Å². The van der Waals surface area contributed by atoms with Crippen LogP contribution in [0.3, 0.4) is 0 Å². The Morgan fingerprint density at radius 2 is 1.98 bits per heavy atom. The molecule has 1 spiro atoms.